The molecule has 1 aromatic heterocycles. The molecule has 0 N–H and O–H groups in total. The highest BCUT2D eigenvalue weighted by Gasteiger charge is 1.98. The van der Waals surface area contributed by atoms with Crippen molar-refractivity contribution in [1.29, 1.82) is 0 Å². The van der Waals surface area contributed by atoms with Gasteiger partial charge in [0.25, 0.3) is 0 Å². The molecule has 1 rings (SSSR count). The Kier molecular flexibility index (Phi) is 2.60. The molecule has 0 unspecified atom stereocenters. The summed E-state index contributed by atoms with van der Waals surface area (Å²) in [6, 6.07) is 5.26. The maximum Gasteiger partial charge on any atom is 0.135 e. The van der Waals surface area contributed by atoms with Gasteiger partial charge in [0.05, 0.1) is 0 Å². The molecule has 0 aliphatic heterocycles. The van der Waals surface area contributed by atoms with Crippen molar-refractivity contribution in [2.24, 2.45) is 0 Å². The van der Waals surface area contributed by atoms with E-state index in [0.29, 0.717) is 11.6 Å². The summed E-state index contributed by atoms with van der Waals surface area (Å²) in [5.41, 5.74) is 0.727. The van der Waals surface area contributed by atoms with E-state index in [-0.39, 0.29) is 5.78 Å². The zero-order chi connectivity index (χ0) is 8.27. The minimum Gasteiger partial charge on any atom is -0.300 e. The van der Waals surface area contributed by atoms with Crippen LogP contribution in [0.25, 0.3) is 0 Å². The Bertz CT molecular complexity index is 273. The fraction of sp³-hybridized carbons (Fsp3) is 0.250. The number of carbonyl (C=O) groups is 1. The Morgan fingerprint density at radius 3 is 2.91 bits per heavy atom. The van der Waals surface area contributed by atoms with Gasteiger partial charge >= 0.3 is 0 Å². The van der Waals surface area contributed by atoms with E-state index in [2.05, 4.69) is 4.98 Å². The maximum absolute atomic E-state index is 10.6. The second kappa shape index (κ2) is 3.49. The quantitative estimate of drug-likeness (QED) is 0.633. The number of aromatic nitrogens is 1. The molecular weight excluding hydrogens is 162 g/mol. The van der Waals surface area contributed by atoms with Gasteiger partial charge in [-0.2, -0.15) is 0 Å². The first-order valence-corrected chi connectivity index (χ1v) is 3.67. The van der Waals surface area contributed by atoms with Crippen molar-refractivity contribution in [1.82, 2.24) is 4.98 Å². The number of ketones is 1. The Hall–Kier alpha value is -0.890. The number of halogens is 1. The van der Waals surface area contributed by atoms with Gasteiger partial charge in [0.15, 0.2) is 0 Å². The minimum absolute atomic E-state index is 0.0970. The highest BCUT2D eigenvalue weighted by molar-refractivity contribution is 6.29. The average molecular weight is 170 g/mol. The molecule has 0 bridgehead atoms. The van der Waals surface area contributed by atoms with Crippen LogP contribution in [0, 0.1) is 0 Å². The van der Waals surface area contributed by atoms with Crippen molar-refractivity contribution < 1.29 is 4.79 Å². The predicted octanol–water partition coefficient (Wildman–Crippen LogP) is 1.87. The predicted molar refractivity (Wildman–Crippen MR) is 43.6 cm³/mol. The molecule has 0 spiro atoms. The first kappa shape index (κ1) is 8.21. The van der Waals surface area contributed by atoms with E-state index < -0.39 is 0 Å². The van der Waals surface area contributed by atoms with Crippen molar-refractivity contribution in [3.63, 3.8) is 0 Å². The van der Waals surface area contributed by atoms with Crippen LogP contribution in [0.15, 0.2) is 18.2 Å². The summed E-state index contributed by atoms with van der Waals surface area (Å²) in [4.78, 5) is 14.6. The van der Waals surface area contributed by atoms with E-state index >= 15 is 0 Å². The summed E-state index contributed by atoms with van der Waals surface area (Å²) < 4.78 is 0. The summed E-state index contributed by atoms with van der Waals surface area (Å²) in [5, 5.41) is 0.434. The second-order valence-electron chi connectivity index (χ2n) is 2.33. The number of Topliss-reactive ketones (excluding diaryl/α,β-unsaturated/α-hetero) is 1. The lowest BCUT2D eigenvalue weighted by atomic mass is 10.2. The van der Waals surface area contributed by atoms with Gasteiger partial charge < -0.3 is 0 Å². The third-order valence-electron chi connectivity index (χ3n) is 1.20. The van der Waals surface area contributed by atoms with Crippen molar-refractivity contribution in [2.75, 3.05) is 0 Å². The summed E-state index contributed by atoms with van der Waals surface area (Å²) in [6.45, 7) is 1.53. The van der Waals surface area contributed by atoms with Crippen molar-refractivity contribution >= 4 is 17.4 Å². The molecular formula is C8H8ClNO. The molecule has 0 aliphatic rings. The van der Waals surface area contributed by atoms with Crippen LogP contribution in [0.5, 0.6) is 0 Å². The summed E-state index contributed by atoms with van der Waals surface area (Å²) in [5.74, 6) is 0.0970. The second-order valence-corrected chi connectivity index (χ2v) is 2.72. The number of hydrogen-bond donors (Lipinski definition) is 0. The normalized spacial score (nSPS) is 9.64. The standard InChI is InChI=1S/C8H8ClNO/c1-6(11)5-7-3-2-4-8(9)10-7/h2-4H,5H2,1H3. The van der Waals surface area contributed by atoms with Crippen LogP contribution < -0.4 is 0 Å². The van der Waals surface area contributed by atoms with Gasteiger partial charge in [0, 0.05) is 12.1 Å². The molecule has 0 aromatic carbocycles. The molecule has 3 heteroatoms. The lowest BCUT2D eigenvalue weighted by Crippen LogP contribution is -1.98. The van der Waals surface area contributed by atoms with E-state index in [4.69, 9.17) is 11.6 Å². The SMILES string of the molecule is CC(=O)Cc1cccc(Cl)n1. The van der Waals surface area contributed by atoms with E-state index in [1.165, 1.54) is 6.92 Å². The third kappa shape index (κ3) is 2.68. The fourth-order valence-corrected chi connectivity index (χ4v) is 0.985. The molecule has 1 heterocycles. The Balaban J connectivity index is 2.79. The number of hydrogen-bond acceptors (Lipinski definition) is 2. The Morgan fingerprint density at radius 1 is 1.64 bits per heavy atom. The number of rotatable bonds is 2. The van der Waals surface area contributed by atoms with Crippen LogP contribution in [-0.4, -0.2) is 10.8 Å². The highest BCUT2D eigenvalue weighted by Crippen LogP contribution is 2.05. The zero-order valence-electron chi connectivity index (χ0n) is 6.17. The van der Waals surface area contributed by atoms with Gasteiger partial charge in [-0.25, -0.2) is 4.98 Å². The van der Waals surface area contributed by atoms with Crippen LogP contribution in [0.4, 0.5) is 0 Å². The van der Waals surface area contributed by atoms with Crippen LogP contribution in [0.3, 0.4) is 0 Å². The number of carbonyl (C=O) groups excluding carboxylic acids is 1. The van der Waals surface area contributed by atoms with E-state index in [1.54, 1.807) is 18.2 Å². The molecule has 0 amide bonds. The average Bonchev–Trinajstić information content (AvgIpc) is 1.85. The Morgan fingerprint density at radius 2 is 2.36 bits per heavy atom. The fourth-order valence-electron chi connectivity index (χ4n) is 0.804. The molecule has 0 radical (unpaired) electrons. The van der Waals surface area contributed by atoms with Crippen LogP contribution >= 0.6 is 11.6 Å². The monoisotopic (exact) mass is 169 g/mol. The van der Waals surface area contributed by atoms with E-state index in [1.807, 2.05) is 0 Å². The molecule has 0 atom stereocenters. The minimum atomic E-state index is 0.0970. The van der Waals surface area contributed by atoms with Gasteiger partial charge in [-0.15, -0.1) is 0 Å². The lowest BCUT2D eigenvalue weighted by Gasteiger charge is -1.95. The molecule has 2 nitrogen and oxygen atoms in total. The van der Waals surface area contributed by atoms with Gasteiger partial charge in [0.2, 0.25) is 0 Å². The molecule has 11 heavy (non-hydrogen) atoms. The maximum atomic E-state index is 10.6. The van der Waals surface area contributed by atoms with Crippen LogP contribution in [-0.2, 0) is 11.2 Å². The van der Waals surface area contributed by atoms with Crippen LogP contribution in [0.1, 0.15) is 12.6 Å². The van der Waals surface area contributed by atoms with E-state index in [9.17, 15) is 4.79 Å². The van der Waals surface area contributed by atoms with Gasteiger partial charge in [-0.1, -0.05) is 17.7 Å². The lowest BCUT2D eigenvalue weighted by molar-refractivity contribution is -0.116. The van der Waals surface area contributed by atoms with E-state index in [0.717, 1.165) is 5.69 Å². The Labute approximate surface area is 70.2 Å². The summed E-state index contributed by atoms with van der Waals surface area (Å²) >= 11 is 5.61. The first-order valence-electron chi connectivity index (χ1n) is 3.29. The van der Waals surface area contributed by atoms with Crippen LogP contribution in [0.2, 0.25) is 5.15 Å². The number of nitrogens with zero attached hydrogens (tertiary/aromatic N) is 1. The molecule has 0 fully saturated rings. The molecule has 0 saturated heterocycles. The molecule has 0 aliphatic carbocycles. The molecule has 1 aromatic rings. The van der Waals surface area contributed by atoms with Gasteiger partial charge in [0.1, 0.15) is 10.9 Å². The first-order chi connectivity index (χ1) is 5.18. The molecule has 0 saturated carbocycles. The van der Waals surface area contributed by atoms with Crippen molar-refractivity contribution in [3.05, 3.63) is 29.0 Å². The summed E-state index contributed by atoms with van der Waals surface area (Å²) in [7, 11) is 0. The highest BCUT2D eigenvalue weighted by atomic mass is 35.5. The zero-order valence-corrected chi connectivity index (χ0v) is 6.93. The van der Waals surface area contributed by atoms with Gasteiger partial charge in [-0.3, -0.25) is 4.79 Å². The third-order valence-corrected chi connectivity index (χ3v) is 1.41. The largest absolute Gasteiger partial charge is 0.300 e. The topological polar surface area (TPSA) is 30.0 Å². The van der Waals surface area contributed by atoms with Crippen molar-refractivity contribution in [3.8, 4) is 0 Å². The number of pyridine rings is 1. The van der Waals surface area contributed by atoms with Gasteiger partial charge in [-0.05, 0) is 19.1 Å². The van der Waals surface area contributed by atoms with Crippen molar-refractivity contribution in [2.45, 2.75) is 13.3 Å². The molecule has 58 valence electrons. The summed E-state index contributed by atoms with van der Waals surface area (Å²) in [6.07, 6.45) is 0.362. The smallest absolute Gasteiger partial charge is 0.135 e.